The van der Waals surface area contributed by atoms with E-state index in [0.29, 0.717) is 0 Å². The van der Waals surface area contributed by atoms with Gasteiger partial charge in [-0.15, -0.1) is 0 Å². The highest BCUT2D eigenvalue weighted by atomic mass is 79.9. The largest absolute Gasteiger partial charge is 0.404 e. The summed E-state index contributed by atoms with van der Waals surface area (Å²) in [5.74, 6) is -2.04. The van der Waals surface area contributed by atoms with Crippen LogP contribution in [0.3, 0.4) is 0 Å². The Morgan fingerprint density at radius 3 is 2.60 bits per heavy atom. The zero-order chi connectivity index (χ0) is 15.0. The van der Waals surface area contributed by atoms with Crippen LogP contribution in [0.4, 0.5) is 23.2 Å². The zero-order valence-electron chi connectivity index (χ0n) is 10.2. The van der Waals surface area contributed by atoms with Crippen molar-refractivity contribution in [1.29, 1.82) is 0 Å². The molecule has 1 amide bonds. The topological polar surface area (TPSA) is 41.1 Å². The third-order valence-corrected chi connectivity index (χ3v) is 3.99. The molecule has 0 bridgehead atoms. The van der Waals surface area contributed by atoms with Crippen molar-refractivity contribution in [2.45, 2.75) is 12.6 Å². The minimum absolute atomic E-state index is 0.0887. The number of benzene rings is 1. The van der Waals surface area contributed by atoms with E-state index in [1.807, 2.05) is 5.32 Å². The molecule has 2 rings (SSSR count). The maximum atomic E-state index is 13.6. The number of nitrogens with one attached hydrogen (secondary N) is 2. The molecule has 20 heavy (non-hydrogen) atoms. The summed E-state index contributed by atoms with van der Waals surface area (Å²) >= 11 is 3.00. The van der Waals surface area contributed by atoms with Crippen LogP contribution in [0.15, 0.2) is 22.7 Å². The first kappa shape index (κ1) is 15.2. The van der Waals surface area contributed by atoms with Crippen LogP contribution >= 0.6 is 15.9 Å². The lowest BCUT2D eigenvalue weighted by molar-refractivity contribution is -0.213. The quantitative estimate of drug-likeness (QED) is 0.801. The second-order valence-corrected chi connectivity index (χ2v) is 5.41. The SMILES string of the molecule is O=C(Nc1c(F)cccc1Br)C1(C(F)(F)F)CCNC1. The highest BCUT2D eigenvalue weighted by Crippen LogP contribution is 2.44. The van der Waals surface area contributed by atoms with E-state index in [2.05, 4.69) is 21.2 Å². The summed E-state index contributed by atoms with van der Waals surface area (Å²) in [7, 11) is 0. The van der Waals surface area contributed by atoms with Gasteiger partial charge in [0, 0.05) is 11.0 Å². The Hall–Kier alpha value is -1.15. The Kier molecular flexibility index (Phi) is 4.06. The van der Waals surface area contributed by atoms with Crippen LogP contribution in [0.25, 0.3) is 0 Å². The number of carbonyl (C=O) groups excluding carboxylic acids is 1. The molecule has 1 aromatic carbocycles. The first-order chi connectivity index (χ1) is 9.28. The fourth-order valence-electron chi connectivity index (χ4n) is 2.11. The molecule has 110 valence electrons. The normalized spacial score (nSPS) is 22.9. The van der Waals surface area contributed by atoms with Gasteiger partial charge in [-0.05, 0) is 41.0 Å². The first-order valence-electron chi connectivity index (χ1n) is 5.81. The molecule has 0 saturated carbocycles. The standard InChI is InChI=1S/C12H11BrF4N2O/c13-7-2-1-3-8(14)9(7)19-10(20)11(12(15,16)17)4-5-18-6-11/h1-3,18H,4-6H2,(H,19,20). The van der Waals surface area contributed by atoms with Crippen LogP contribution < -0.4 is 10.6 Å². The van der Waals surface area contributed by atoms with Crippen molar-refractivity contribution in [3.8, 4) is 0 Å². The van der Waals surface area contributed by atoms with Crippen molar-refractivity contribution in [3.05, 3.63) is 28.5 Å². The molecular weight excluding hydrogens is 344 g/mol. The zero-order valence-corrected chi connectivity index (χ0v) is 11.7. The summed E-state index contributed by atoms with van der Waals surface area (Å²) < 4.78 is 53.3. The van der Waals surface area contributed by atoms with Crippen molar-refractivity contribution in [3.63, 3.8) is 0 Å². The van der Waals surface area contributed by atoms with Gasteiger partial charge in [0.1, 0.15) is 5.82 Å². The van der Waals surface area contributed by atoms with Gasteiger partial charge in [-0.3, -0.25) is 4.79 Å². The van der Waals surface area contributed by atoms with E-state index < -0.39 is 29.9 Å². The Bertz CT molecular complexity index is 506. The number of alkyl halides is 3. The molecule has 8 heteroatoms. The van der Waals surface area contributed by atoms with E-state index in [-0.39, 0.29) is 23.1 Å². The highest BCUT2D eigenvalue weighted by molar-refractivity contribution is 9.10. The van der Waals surface area contributed by atoms with Crippen LogP contribution in [0, 0.1) is 11.2 Å². The molecule has 1 unspecified atom stereocenters. The van der Waals surface area contributed by atoms with Crippen LogP contribution in [0.5, 0.6) is 0 Å². The number of amides is 1. The van der Waals surface area contributed by atoms with Gasteiger partial charge >= 0.3 is 6.18 Å². The lowest BCUT2D eigenvalue weighted by atomic mass is 9.85. The van der Waals surface area contributed by atoms with Gasteiger partial charge in [-0.25, -0.2) is 4.39 Å². The molecule has 0 aliphatic carbocycles. The summed E-state index contributed by atoms with van der Waals surface area (Å²) in [5, 5.41) is 4.58. The van der Waals surface area contributed by atoms with Gasteiger partial charge < -0.3 is 10.6 Å². The van der Waals surface area contributed by atoms with Gasteiger partial charge in [0.05, 0.1) is 5.69 Å². The van der Waals surface area contributed by atoms with E-state index in [1.54, 1.807) is 0 Å². The molecule has 1 saturated heterocycles. The Labute approximate surface area is 120 Å². The van der Waals surface area contributed by atoms with E-state index in [1.165, 1.54) is 12.1 Å². The predicted molar refractivity (Wildman–Crippen MR) is 68.7 cm³/mol. The number of rotatable bonds is 2. The summed E-state index contributed by atoms with van der Waals surface area (Å²) in [6, 6.07) is 3.88. The van der Waals surface area contributed by atoms with Crippen LogP contribution in [-0.4, -0.2) is 25.2 Å². The molecule has 0 aromatic heterocycles. The third-order valence-electron chi connectivity index (χ3n) is 3.33. The molecule has 0 spiro atoms. The van der Waals surface area contributed by atoms with Gasteiger partial charge in [0.25, 0.3) is 0 Å². The van der Waals surface area contributed by atoms with E-state index in [9.17, 15) is 22.4 Å². The molecule has 2 N–H and O–H groups in total. The van der Waals surface area contributed by atoms with Crippen molar-refractivity contribution in [2.75, 3.05) is 18.4 Å². The molecule has 1 aliphatic rings. The fraction of sp³-hybridized carbons (Fsp3) is 0.417. The van der Waals surface area contributed by atoms with Gasteiger partial charge in [0.2, 0.25) is 5.91 Å². The second-order valence-electron chi connectivity index (χ2n) is 4.56. The summed E-state index contributed by atoms with van der Waals surface area (Å²) in [6.45, 7) is -0.417. The minimum Gasteiger partial charge on any atom is -0.322 e. The lowest BCUT2D eigenvalue weighted by Gasteiger charge is -2.29. The van der Waals surface area contributed by atoms with Gasteiger partial charge in [-0.1, -0.05) is 6.07 Å². The molecule has 1 heterocycles. The minimum atomic E-state index is -4.70. The molecule has 1 aromatic rings. The van der Waals surface area contributed by atoms with Crippen molar-refractivity contribution in [1.82, 2.24) is 5.32 Å². The summed E-state index contributed by atoms with van der Waals surface area (Å²) in [6.07, 6.45) is -5.06. The van der Waals surface area contributed by atoms with Crippen LogP contribution in [0.2, 0.25) is 0 Å². The van der Waals surface area contributed by atoms with Crippen LogP contribution in [-0.2, 0) is 4.79 Å². The molecule has 1 atom stereocenters. The number of hydrogen-bond donors (Lipinski definition) is 2. The second kappa shape index (κ2) is 5.33. The van der Waals surface area contributed by atoms with E-state index >= 15 is 0 Å². The van der Waals surface area contributed by atoms with E-state index in [4.69, 9.17) is 0 Å². The van der Waals surface area contributed by atoms with Gasteiger partial charge in [0.15, 0.2) is 5.41 Å². The molecule has 1 fully saturated rings. The monoisotopic (exact) mass is 354 g/mol. The van der Waals surface area contributed by atoms with Crippen LogP contribution in [0.1, 0.15) is 6.42 Å². The smallest absolute Gasteiger partial charge is 0.322 e. The molecular formula is C12H11BrF4N2O. The Balaban J connectivity index is 2.31. The Morgan fingerprint density at radius 2 is 2.10 bits per heavy atom. The number of anilines is 1. The molecule has 1 aliphatic heterocycles. The number of para-hydroxylation sites is 1. The maximum Gasteiger partial charge on any atom is 0.404 e. The van der Waals surface area contributed by atoms with Gasteiger partial charge in [-0.2, -0.15) is 13.2 Å². The van der Waals surface area contributed by atoms with Crippen molar-refractivity contribution in [2.24, 2.45) is 5.41 Å². The summed E-state index contributed by atoms with van der Waals surface area (Å²) in [5.41, 5.74) is -2.80. The van der Waals surface area contributed by atoms with Crippen molar-refractivity contribution < 1.29 is 22.4 Å². The lowest BCUT2D eigenvalue weighted by Crippen LogP contribution is -2.49. The number of halogens is 5. The average Bonchev–Trinajstić information content (AvgIpc) is 2.83. The highest BCUT2D eigenvalue weighted by Gasteiger charge is 2.61. The van der Waals surface area contributed by atoms with Crippen molar-refractivity contribution >= 4 is 27.5 Å². The maximum absolute atomic E-state index is 13.6. The number of hydrogen-bond acceptors (Lipinski definition) is 2. The first-order valence-corrected chi connectivity index (χ1v) is 6.60. The fourth-order valence-corrected chi connectivity index (χ4v) is 2.55. The van der Waals surface area contributed by atoms with E-state index in [0.717, 1.165) is 6.07 Å². The third kappa shape index (κ3) is 2.54. The molecule has 0 radical (unpaired) electrons. The Morgan fingerprint density at radius 1 is 1.40 bits per heavy atom. The average molecular weight is 355 g/mol. The summed E-state index contributed by atoms with van der Waals surface area (Å²) in [4.78, 5) is 12.0. The predicted octanol–water partition coefficient (Wildman–Crippen LogP) is 3.07. The molecule has 3 nitrogen and oxygen atoms in total. The number of carbonyl (C=O) groups is 1.